The van der Waals surface area contributed by atoms with Crippen molar-refractivity contribution in [3.8, 4) is 0 Å². The second-order valence-corrected chi connectivity index (χ2v) is 3.24. The lowest BCUT2D eigenvalue weighted by molar-refractivity contribution is 0.216. The van der Waals surface area contributed by atoms with Crippen LogP contribution in [0.1, 0.15) is 18.6 Å². The van der Waals surface area contributed by atoms with E-state index in [4.69, 9.17) is 11.6 Å². The van der Waals surface area contributed by atoms with Crippen LogP contribution >= 0.6 is 11.6 Å². The molecule has 0 saturated carbocycles. The molecule has 1 N–H and O–H groups in total. The molecular weight excluding hydrogens is 172 g/mol. The summed E-state index contributed by atoms with van der Waals surface area (Å²) >= 11 is 5.69. The minimum atomic E-state index is -0.581. The summed E-state index contributed by atoms with van der Waals surface area (Å²) in [6, 6.07) is 7.09. The zero-order valence-corrected chi connectivity index (χ0v) is 7.67. The Morgan fingerprint density at radius 2 is 1.92 bits per heavy atom. The molecule has 0 amide bonds. The van der Waals surface area contributed by atoms with Gasteiger partial charge in [-0.3, -0.25) is 0 Å². The van der Waals surface area contributed by atoms with Gasteiger partial charge in [-0.15, -0.1) is 0 Å². The summed E-state index contributed by atoms with van der Waals surface area (Å²) in [6.07, 6.45) is -0.581. The van der Waals surface area contributed by atoms with E-state index in [9.17, 15) is 5.11 Å². The molecule has 64 valence electrons. The van der Waals surface area contributed by atoms with Crippen molar-refractivity contribution >= 4 is 11.6 Å². The van der Waals surface area contributed by atoms with Crippen LogP contribution in [0.3, 0.4) is 0 Å². The standard InChI is InChI=1S/C10H11ClO/c1-7(2)10(12)8-3-5-9(11)6-4-8/h3-6,10,12H,1H2,2H3/t10-/m1/s1. The van der Waals surface area contributed by atoms with Crippen molar-refractivity contribution in [3.05, 3.63) is 47.0 Å². The number of aliphatic hydroxyl groups excluding tert-OH is 1. The highest BCUT2D eigenvalue weighted by atomic mass is 35.5. The number of hydrogen-bond acceptors (Lipinski definition) is 1. The molecule has 1 nitrogen and oxygen atoms in total. The molecule has 0 aliphatic heterocycles. The summed E-state index contributed by atoms with van der Waals surface area (Å²) in [5.41, 5.74) is 1.56. The molecule has 0 saturated heterocycles. The summed E-state index contributed by atoms with van der Waals surface area (Å²) in [7, 11) is 0. The monoisotopic (exact) mass is 182 g/mol. The second kappa shape index (κ2) is 3.74. The van der Waals surface area contributed by atoms with Crippen LogP contribution in [0.2, 0.25) is 5.02 Å². The van der Waals surface area contributed by atoms with Gasteiger partial charge < -0.3 is 5.11 Å². The molecule has 1 aromatic carbocycles. The van der Waals surface area contributed by atoms with Crippen LogP contribution in [0, 0.1) is 0 Å². The lowest BCUT2D eigenvalue weighted by Gasteiger charge is -2.09. The van der Waals surface area contributed by atoms with Gasteiger partial charge in [-0.25, -0.2) is 0 Å². The fraction of sp³-hybridized carbons (Fsp3) is 0.200. The maximum absolute atomic E-state index is 9.55. The normalized spacial score (nSPS) is 12.6. The molecule has 1 rings (SSSR count). The molecule has 12 heavy (non-hydrogen) atoms. The summed E-state index contributed by atoms with van der Waals surface area (Å²) in [4.78, 5) is 0. The molecule has 0 aliphatic carbocycles. The first-order valence-corrected chi connectivity index (χ1v) is 4.08. The molecular formula is C10H11ClO. The molecule has 2 heteroatoms. The van der Waals surface area contributed by atoms with Crippen molar-refractivity contribution in [2.24, 2.45) is 0 Å². The van der Waals surface area contributed by atoms with E-state index in [2.05, 4.69) is 6.58 Å². The van der Waals surface area contributed by atoms with E-state index >= 15 is 0 Å². The van der Waals surface area contributed by atoms with Crippen molar-refractivity contribution in [1.82, 2.24) is 0 Å². The molecule has 0 radical (unpaired) electrons. The molecule has 0 aromatic heterocycles. The van der Waals surface area contributed by atoms with Gasteiger partial charge in [0.15, 0.2) is 0 Å². The van der Waals surface area contributed by atoms with Crippen LogP contribution in [0.25, 0.3) is 0 Å². The summed E-state index contributed by atoms with van der Waals surface area (Å²) in [5, 5.41) is 10.2. The predicted molar refractivity (Wildman–Crippen MR) is 51.2 cm³/mol. The Balaban J connectivity index is 2.89. The maximum atomic E-state index is 9.55. The highest BCUT2D eigenvalue weighted by Gasteiger charge is 2.06. The summed E-state index contributed by atoms with van der Waals surface area (Å²) in [5.74, 6) is 0. The van der Waals surface area contributed by atoms with Crippen molar-refractivity contribution in [3.63, 3.8) is 0 Å². The number of benzene rings is 1. The van der Waals surface area contributed by atoms with Gasteiger partial charge in [-0.1, -0.05) is 30.3 Å². The third kappa shape index (κ3) is 2.10. The van der Waals surface area contributed by atoms with E-state index < -0.39 is 6.10 Å². The number of rotatable bonds is 2. The van der Waals surface area contributed by atoms with Crippen molar-refractivity contribution in [1.29, 1.82) is 0 Å². The van der Waals surface area contributed by atoms with Gasteiger partial charge in [0.05, 0.1) is 6.10 Å². The first kappa shape index (κ1) is 9.30. The Bertz CT molecular complexity index is 276. The van der Waals surface area contributed by atoms with E-state index in [0.29, 0.717) is 5.02 Å². The van der Waals surface area contributed by atoms with E-state index in [0.717, 1.165) is 11.1 Å². The van der Waals surface area contributed by atoms with E-state index in [1.54, 1.807) is 31.2 Å². The molecule has 0 bridgehead atoms. The topological polar surface area (TPSA) is 20.2 Å². The minimum absolute atomic E-state index is 0.581. The zero-order valence-electron chi connectivity index (χ0n) is 6.92. The fourth-order valence-corrected chi connectivity index (χ4v) is 1.06. The Hall–Kier alpha value is -0.790. The van der Waals surface area contributed by atoms with Crippen LogP contribution in [0.5, 0.6) is 0 Å². The van der Waals surface area contributed by atoms with Crippen LogP contribution in [0.15, 0.2) is 36.4 Å². The van der Waals surface area contributed by atoms with Gasteiger partial charge in [0.1, 0.15) is 0 Å². The van der Waals surface area contributed by atoms with Crippen LogP contribution in [-0.2, 0) is 0 Å². The molecule has 0 unspecified atom stereocenters. The van der Waals surface area contributed by atoms with Gasteiger partial charge >= 0.3 is 0 Å². The minimum Gasteiger partial charge on any atom is -0.384 e. The Morgan fingerprint density at radius 1 is 1.42 bits per heavy atom. The largest absolute Gasteiger partial charge is 0.384 e. The molecule has 1 atom stereocenters. The lowest BCUT2D eigenvalue weighted by atomic mass is 10.0. The van der Waals surface area contributed by atoms with Gasteiger partial charge in [0.25, 0.3) is 0 Å². The van der Waals surface area contributed by atoms with Crippen LogP contribution in [-0.4, -0.2) is 5.11 Å². The third-order valence-electron chi connectivity index (χ3n) is 1.65. The molecule has 1 aromatic rings. The van der Waals surface area contributed by atoms with E-state index in [-0.39, 0.29) is 0 Å². The predicted octanol–water partition coefficient (Wildman–Crippen LogP) is 2.95. The van der Waals surface area contributed by atoms with Crippen molar-refractivity contribution in [2.45, 2.75) is 13.0 Å². The average Bonchev–Trinajstić information content (AvgIpc) is 2.04. The fourth-order valence-electron chi connectivity index (χ4n) is 0.930. The Labute approximate surface area is 77.3 Å². The average molecular weight is 183 g/mol. The Morgan fingerprint density at radius 3 is 2.33 bits per heavy atom. The number of aliphatic hydroxyl groups is 1. The lowest BCUT2D eigenvalue weighted by Crippen LogP contribution is -1.96. The van der Waals surface area contributed by atoms with Gasteiger partial charge in [-0.2, -0.15) is 0 Å². The first-order chi connectivity index (χ1) is 5.61. The second-order valence-electron chi connectivity index (χ2n) is 2.80. The first-order valence-electron chi connectivity index (χ1n) is 3.70. The highest BCUT2D eigenvalue weighted by molar-refractivity contribution is 6.30. The molecule has 0 aliphatic rings. The zero-order chi connectivity index (χ0) is 9.14. The molecule has 0 heterocycles. The smallest absolute Gasteiger partial charge is 0.0995 e. The van der Waals surface area contributed by atoms with Gasteiger partial charge in [0.2, 0.25) is 0 Å². The summed E-state index contributed by atoms with van der Waals surface area (Å²) < 4.78 is 0. The van der Waals surface area contributed by atoms with Crippen molar-refractivity contribution < 1.29 is 5.11 Å². The maximum Gasteiger partial charge on any atom is 0.0995 e. The number of halogens is 1. The van der Waals surface area contributed by atoms with Crippen LogP contribution in [0.4, 0.5) is 0 Å². The quantitative estimate of drug-likeness (QED) is 0.698. The molecule has 0 fully saturated rings. The van der Waals surface area contributed by atoms with E-state index in [1.807, 2.05) is 0 Å². The third-order valence-corrected chi connectivity index (χ3v) is 1.90. The van der Waals surface area contributed by atoms with Crippen LogP contribution < -0.4 is 0 Å². The molecule has 0 spiro atoms. The SMILES string of the molecule is C=C(C)[C@@H](O)c1ccc(Cl)cc1. The number of hydrogen-bond donors (Lipinski definition) is 1. The van der Waals surface area contributed by atoms with Crippen molar-refractivity contribution in [2.75, 3.05) is 0 Å². The summed E-state index contributed by atoms with van der Waals surface area (Å²) in [6.45, 7) is 5.46. The van der Waals surface area contributed by atoms with Gasteiger partial charge in [-0.05, 0) is 30.2 Å². The van der Waals surface area contributed by atoms with Gasteiger partial charge in [0, 0.05) is 5.02 Å². The Kier molecular flexibility index (Phi) is 2.90. The highest BCUT2D eigenvalue weighted by Crippen LogP contribution is 2.21. The van der Waals surface area contributed by atoms with E-state index in [1.165, 1.54) is 0 Å².